The van der Waals surface area contributed by atoms with Crippen molar-refractivity contribution in [2.24, 2.45) is 0 Å². The van der Waals surface area contributed by atoms with Crippen LogP contribution in [0.4, 0.5) is 0 Å². The molecule has 1 fully saturated rings. The number of likely N-dealkylation sites (tertiary alicyclic amines) is 1. The molecule has 0 saturated carbocycles. The third kappa shape index (κ3) is 4.05. The highest BCUT2D eigenvalue weighted by Crippen LogP contribution is 2.17. The summed E-state index contributed by atoms with van der Waals surface area (Å²) in [7, 11) is 0. The summed E-state index contributed by atoms with van der Waals surface area (Å²) < 4.78 is 5.78. The Labute approximate surface area is 113 Å². The molecule has 1 atom stereocenters. The van der Waals surface area contributed by atoms with Crippen LogP contribution in [-0.2, 0) is 4.79 Å². The number of rotatable bonds is 5. The Morgan fingerprint density at radius 2 is 2.53 bits per heavy atom. The second kappa shape index (κ2) is 6.87. The minimum Gasteiger partial charge on any atom is -0.472 e. The number of hydrogen-bond acceptors (Lipinski definition) is 4. The van der Waals surface area contributed by atoms with Gasteiger partial charge in [-0.05, 0) is 19.3 Å². The molecular formula is C14H19N3O2. The normalized spacial score (nSPS) is 18.9. The first-order valence-corrected chi connectivity index (χ1v) is 6.61. The summed E-state index contributed by atoms with van der Waals surface area (Å²) in [5, 5.41) is 0. The van der Waals surface area contributed by atoms with Crippen LogP contribution >= 0.6 is 0 Å². The number of allylic oxidation sites excluding steroid dienone is 1. The molecule has 0 radical (unpaired) electrons. The van der Waals surface area contributed by atoms with Gasteiger partial charge < -0.3 is 9.64 Å². The van der Waals surface area contributed by atoms with Gasteiger partial charge in [0.05, 0.1) is 6.54 Å². The van der Waals surface area contributed by atoms with E-state index in [1.165, 1.54) is 6.33 Å². The largest absolute Gasteiger partial charge is 0.472 e. The van der Waals surface area contributed by atoms with E-state index in [1.807, 2.05) is 4.90 Å². The third-order valence-electron chi connectivity index (χ3n) is 3.14. The van der Waals surface area contributed by atoms with Gasteiger partial charge in [0, 0.05) is 25.2 Å². The number of carbonyl (C=O) groups excluding carboxylic acids is 1. The van der Waals surface area contributed by atoms with Crippen molar-refractivity contribution in [3.63, 3.8) is 0 Å². The van der Waals surface area contributed by atoms with Gasteiger partial charge in [0.25, 0.3) is 0 Å². The molecule has 1 aromatic heterocycles. The van der Waals surface area contributed by atoms with Gasteiger partial charge in [-0.25, -0.2) is 9.97 Å². The molecule has 5 nitrogen and oxygen atoms in total. The van der Waals surface area contributed by atoms with E-state index < -0.39 is 0 Å². The van der Waals surface area contributed by atoms with Crippen LogP contribution in [0.3, 0.4) is 0 Å². The van der Waals surface area contributed by atoms with Gasteiger partial charge >= 0.3 is 0 Å². The molecule has 0 N–H and O–H groups in total. The fraction of sp³-hybridized carbons (Fsp3) is 0.500. The summed E-state index contributed by atoms with van der Waals surface area (Å²) in [5.74, 6) is 0.747. The predicted octanol–water partition coefficient (Wildman–Crippen LogP) is 1.81. The molecular weight excluding hydrogens is 242 g/mol. The number of ether oxygens (including phenoxy) is 1. The molecule has 0 unspecified atom stereocenters. The lowest BCUT2D eigenvalue weighted by molar-refractivity contribution is -0.133. The smallest absolute Gasteiger partial charge is 0.223 e. The van der Waals surface area contributed by atoms with Crippen molar-refractivity contribution in [3.8, 4) is 5.88 Å². The van der Waals surface area contributed by atoms with Gasteiger partial charge in [-0.3, -0.25) is 4.79 Å². The molecule has 102 valence electrons. The maximum absolute atomic E-state index is 12.0. The van der Waals surface area contributed by atoms with Crippen LogP contribution in [0.2, 0.25) is 0 Å². The molecule has 1 aromatic rings. The number of carbonyl (C=O) groups is 1. The van der Waals surface area contributed by atoms with E-state index in [9.17, 15) is 4.79 Å². The first kappa shape index (κ1) is 13.5. The summed E-state index contributed by atoms with van der Waals surface area (Å²) in [6.45, 7) is 5.10. The van der Waals surface area contributed by atoms with Crippen molar-refractivity contribution in [1.82, 2.24) is 14.9 Å². The molecule has 5 heteroatoms. The Bertz CT molecular complexity index is 422. The maximum Gasteiger partial charge on any atom is 0.223 e. The van der Waals surface area contributed by atoms with Gasteiger partial charge in [0.15, 0.2) is 0 Å². The van der Waals surface area contributed by atoms with E-state index in [1.54, 1.807) is 18.3 Å². The number of amides is 1. The van der Waals surface area contributed by atoms with Gasteiger partial charge in [0.1, 0.15) is 12.4 Å². The van der Waals surface area contributed by atoms with Crippen LogP contribution in [0.1, 0.15) is 25.7 Å². The summed E-state index contributed by atoms with van der Waals surface area (Å²) in [6, 6.07) is 1.73. The van der Waals surface area contributed by atoms with E-state index in [-0.39, 0.29) is 12.0 Å². The number of hydrogen-bond donors (Lipinski definition) is 0. The molecule has 1 aliphatic heterocycles. The summed E-state index contributed by atoms with van der Waals surface area (Å²) in [6.07, 6.45) is 8.10. The molecule has 2 heterocycles. The van der Waals surface area contributed by atoms with Crippen LogP contribution in [0, 0.1) is 0 Å². The SMILES string of the molecule is C=CCCC(=O)N1CCC[C@H](Oc2ccncn2)C1. The van der Waals surface area contributed by atoms with Crippen molar-refractivity contribution in [3.05, 3.63) is 31.2 Å². The van der Waals surface area contributed by atoms with E-state index in [0.29, 0.717) is 18.8 Å². The standard InChI is InChI=1S/C14H19N3O2/c1-2-3-6-14(18)17-9-4-5-12(10-17)19-13-7-8-15-11-16-13/h2,7-8,11-12H,1,3-6,9-10H2/t12-/m0/s1. The topological polar surface area (TPSA) is 55.3 Å². The minimum atomic E-state index is 0.0244. The summed E-state index contributed by atoms with van der Waals surface area (Å²) in [4.78, 5) is 21.7. The van der Waals surface area contributed by atoms with Crippen LogP contribution in [-0.4, -0.2) is 40.0 Å². The molecule has 0 bridgehead atoms. The Morgan fingerprint density at radius 1 is 1.63 bits per heavy atom. The molecule has 2 rings (SSSR count). The summed E-state index contributed by atoms with van der Waals surface area (Å²) >= 11 is 0. The quantitative estimate of drug-likeness (QED) is 0.759. The van der Waals surface area contributed by atoms with Crippen LogP contribution in [0.5, 0.6) is 5.88 Å². The number of nitrogens with zero attached hydrogens (tertiary/aromatic N) is 3. The van der Waals surface area contributed by atoms with Crippen molar-refractivity contribution in [2.75, 3.05) is 13.1 Å². The number of piperidine rings is 1. The van der Waals surface area contributed by atoms with E-state index in [0.717, 1.165) is 25.8 Å². The first-order chi connectivity index (χ1) is 9.29. The fourth-order valence-electron chi connectivity index (χ4n) is 2.16. The lowest BCUT2D eigenvalue weighted by atomic mass is 10.1. The molecule has 19 heavy (non-hydrogen) atoms. The molecule has 1 aliphatic rings. The van der Waals surface area contributed by atoms with Crippen LogP contribution < -0.4 is 4.74 Å². The highest BCUT2D eigenvalue weighted by atomic mass is 16.5. The van der Waals surface area contributed by atoms with Crippen molar-refractivity contribution < 1.29 is 9.53 Å². The van der Waals surface area contributed by atoms with Crippen molar-refractivity contribution >= 4 is 5.91 Å². The van der Waals surface area contributed by atoms with Gasteiger partial charge in [-0.2, -0.15) is 0 Å². The lowest BCUT2D eigenvalue weighted by Crippen LogP contribution is -2.44. The zero-order valence-corrected chi connectivity index (χ0v) is 11.0. The van der Waals surface area contributed by atoms with Crippen LogP contribution in [0.15, 0.2) is 31.2 Å². The molecule has 0 aliphatic carbocycles. The van der Waals surface area contributed by atoms with Gasteiger partial charge in [-0.15, -0.1) is 6.58 Å². The van der Waals surface area contributed by atoms with Crippen LogP contribution in [0.25, 0.3) is 0 Å². The lowest BCUT2D eigenvalue weighted by Gasteiger charge is -2.32. The van der Waals surface area contributed by atoms with Gasteiger partial charge in [0.2, 0.25) is 11.8 Å². The molecule has 1 amide bonds. The Morgan fingerprint density at radius 3 is 3.26 bits per heavy atom. The Balaban J connectivity index is 1.86. The average Bonchev–Trinajstić information content (AvgIpc) is 2.46. The first-order valence-electron chi connectivity index (χ1n) is 6.61. The van der Waals surface area contributed by atoms with Gasteiger partial charge in [-0.1, -0.05) is 6.08 Å². The van der Waals surface area contributed by atoms with E-state index >= 15 is 0 Å². The highest BCUT2D eigenvalue weighted by Gasteiger charge is 2.24. The van der Waals surface area contributed by atoms with Crippen molar-refractivity contribution in [2.45, 2.75) is 31.8 Å². The monoisotopic (exact) mass is 261 g/mol. The third-order valence-corrected chi connectivity index (χ3v) is 3.14. The second-order valence-corrected chi connectivity index (χ2v) is 4.60. The molecule has 0 aromatic carbocycles. The Hall–Kier alpha value is -1.91. The minimum absolute atomic E-state index is 0.0244. The van der Waals surface area contributed by atoms with E-state index in [2.05, 4.69) is 16.5 Å². The average molecular weight is 261 g/mol. The predicted molar refractivity (Wildman–Crippen MR) is 71.7 cm³/mol. The van der Waals surface area contributed by atoms with Crippen molar-refractivity contribution in [1.29, 1.82) is 0 Å². The zero-order valence-electron chi connectivity index (χ0n) is 11.0. The Kier molecular flexibility index (Phi) is 4.89. The van der Waals surface area contributed by atoms with E-state index in [4.69, 9.17) is 4.74 Å². The molecule has 1 saturated heterocycles. The fourth-order valence-corrected chi connectivity index (χ4v) is 2.16. The number of aromatic nitrogens is 2. The molecule has 0 spiro atoms. The maximum atomic E-state index is 12.0. The summed E-state index contributed by atoms with van der Waals surface area (Å²) in [5.41, 5.74) is 0. The highest BCUT2D eigenvalue weighted by molar-refractivity contribution is 5.76. The second-order valence-electron chi connectivity index (χ2n) is 4.60. The zero-order chi connectivity index (χ0) is 13.5.